The zero-order valence-electron chi connectivity index (χ0n) is 14.4. The maximum absolute atomic E-state index is 4.63. The Balaban J connectivity index is 1.62. The third-order valence-corrected chi connectivity index (χ3v) is 4.46. The average Bonchev–Trinajstić information content (AvgIpc) is 3.07. The van der Waals surface area contributed by atoms with Crippen molar-refractivity contribution in [2.45, 2.75) is 52.1 Å². The second kappa shape index (κ2) is 7.02. The summed E-state index contributed by atoms with van der Waals surface area (Å²) in [6, 6.07) is 4.85. The molecule has 0 spiro atoms. The molecular weight excluding hydrogens is 286 g/mol. The van der Waals surface area contributed by atoms with Gasteiger partial charge in [0, 0.05) is 30.9 Å². The summed E-state index contributed by atoms with van der Waals surface area (Å²) in [7, 11) is 0. The standard InChI is InChI=1S/C18H27N5/c1-14(2)23-13-16(11-20-23)15(3)21-17-7-8-18(19-12-17)22-9-5-4-6-10-22/h7-8,11-15,21H,4-6,9-10H2,1-3H3. The molecule has 0 bridgehead atoms. The summed E-state index contributed by atoms with van der Waals surface area (Å²) in [4.78, 5) is 7.00. The summed E-state index contributed by atoms with van der Waals surface area (Å²) in [5, 5.41) is 7.91. The maximum atomic E-state index is 4.63. The number of hydrogen-bond acceptors (Lipinski definition) is 4. The molecule has 23 heavy (non-hydrogen) atoms. The molecule has 1 N–H and O–H groups in total. The van der Waals surface area contributed by atoms with E-state index in [1.807, 2.05) is 17.1 Å². The van der Waals surface area contributed by atoms with Gasteiger partial charge in [0.05, 0.1) is 24.1 Å². The molecule has 0 aromatic carbocycles. The summed E-state index contributed by atoms with van der Waals surface area (Å²) in [5.41, 5.74) is 2.24. The van der Waals surface area contributed by atoms with Gasteiger partial charge in [0.25, 0.3) is 0 Å². The molecule has 2 aromatic heterocycles. The first kappa shape index (κ1) is 15.8. The first-order chi connectivity index (χ1) is 11.1. The van der Waals surface area contributed by atoms with Gasteiger partial charge < -0.3 is 10.2 Å². The lowest BCUT2D eigenvalue weighted by atomic mass is 10.1. The van der Waals surface area contributed by atoms with Crippen molar-refractivity contribution in [3.63, 3.8) is 0 Å². The molecule has 0 saturated carbocycles. The number of hydrogen-bond donors (Lipinski definition) is 1. The Morgan fingerprint density at radius 3 is 2.43 bits per heavy atom. The molecule has 1 aliphatic rings. The molecule has 0 radical (unpaired) electrons. The highest BCUT2D eigenvalue weighted by Crippen LogP contribution is 2.22. The molecule has 5 nitrogen and oxygen atoms in total. The first-order valence-corrected chi connectivity index (χ1v) is 8.65. The number of nitrogens with zero attached hydrogens (tertiary/aromatic N) is 4. The van der Waals surface area contributed by atoms with E-state index in [0.29, 0.717) is 6.04 Å². The van der Waals surface area contributed by atoms with Crippen LogP contribution in [0.3, 0.4) is 0 Å². The van der Waals surface area contributed by atoms with Crippen LogP contribution in [0.2, 0.25) is 0 Å². The van der Waals surface area contributed by atoms with Crippen LogP contribution in [0.5, 0.6) is 0 Å². The van der Waals surface area contributed by atoms with E-state index in [1.165, 1.54) is 24.8 Å². The lowest BCUT2D eigenvalue weighted by molar-refractivity contribution is 0.532. The zero-order chi connectivity index (χ0) is 16.2. The summed E-state index contributed by atoms with van der Waals surface area (Å²) in [6.45, 7) is 8.69. The molecule has 1 saturated heterocycles. The second-order valence-electron chi connectivity index (χ2n) is 6.67. The molecule has 0 amide bonds. The molecule has 1 unspecified atom stereocenters. The first-order valence-electron chi connectivity index (χ1n) is 8.65. The van der Waals surface area contributed by atoms with E-state index >= 15 is 0 Å². The van der Waals surface area contributed by atoms with Crippen molar-refractivity contribution >= 4 is 11.5 Å². The number of rotatable bonds is 5. The van der Waals surface area contributed by atoms with E-state index in [4.69, 9.17) is 0 Å². The number of pyridine rings is 1. The fourth-order valence-corrected chi connectivity index (χ4v) is 2.97. The minimum absolute atomic E-state index is 0.213. The normalized spacial score (nSPS) is 16.6. The van der Waals surface area contributed by atoms with E-state index in [-0.39, 0.29) is 6.04 Å². The van der Waals surface area contributed by atoms with Crippen molar-refractivity contribution in [2.75, 3.05) is 23.3 Å². The monoisotopic (exact) mass is 313 g/mol. The third kappa shape index (κ3) is 3.84. The number of piperidine rings is 1. The average molecular weight is 313 g/mol. The second-order valence-corrected chi connectivity index (χ2v) is 6.67. The molecule has 3 rings (SSSR count). The highest BCUT2D eigenvalue weighted by molar-refractivity contribution is 5.49. The van der Waals surface area contributed by atoms with Gasteiger partial charge in [0.15, 0.2) is 0 Å². The van der Waals surface area contributed by atoms with Gasteiger partial charge in [-0.25, -0.2) is 4.98 Å². The number of anilines is 2. The van der Waals surface area contributed by atoms with Gasteiger partial charge in [-0.1, -0.05) is 0 Å². The predicted octanol–water partition coefficient (Wildman–Crippen LogP) is 4.02. The molecule has 2 aromatic rings. The fourth-order valence-electron chi connectivity index (χ4n) is 2.97. The van der Waals surface area contributed by atoms with Crippen molar-refractivity contribution in [3.05, 3.63) is 36.3 Å². The largest absolute Gasteiger partial charge is 0.377 e. The van der Waals surface area contributed by atoms with Gasteiger partial charge >= 0.3 is 0 Å². The Kier molecular flexibility index (Phi) is 4.84. The van der Waals surface area contributed by atoms with E-state index < -0.39 is 0 Å². The van der Waals surface area contributed by atoms with Crippen LogP contribution in [0.4, 0.5) is 11.5 Å². The van der Waals surface area contributed by atoms with E-state index in [1.54, 1.807) is 0 Å². The van der Waals surface area contributed by atoms with Crippen molar-refractivity contribution < 1.29 is 0 Å². The highest BCUT2D eigenvalue weighted by Gasteiger charge is 2.13. The van der Waals surface area contributed by atoms with Crippen LogP contribution in [0, 0.1) is 0 Å². The van der Waals surface area contributed by atoms with E-state index in [0.717, 1.165) is 24.6 Å². The topological polar surface area (TPSA) is 46.0 Å². The number of nitrogens with one attached hydrogen (secondary N) is 1. The van der Waals surface area contributed by atoms with Gasteiger partial charge in [-0.15, -0.1) is 0 Å². The predicted molar refractivity (Wildman–Crippen MR) is 95.0 cm³/mol. The van der Waals surface area contributed by atoms with Gasteiger partial charge in [-0.05, 0) is 52.2 Å². The Morgan fingerprint density at radius 1 is 1.04 bits per heavy atom. The lowest BCUT2D eigenvalue weighted by Gasteiger charge is -2.27. The molecular formula is C18H27N5. The highest BCUT2D eigenvalue weighted by atomic mass is 15.3. The van der Waals surface area contributed by atoms with Crippen molar-refractivity contribution in [3.8, 4) is 0 Å². The van der Waals surface area contributed by atoms with E-state index in [9.17, 15) is 0 Å². The van der Waals surface area contributed by atoms with Gasteiger partial charge in [-0.2, -0.15) is 5.10 Å². The summed E-state index contributed by atoms with van der Waals surface area (Å²) < 4.78 is 1.99. The van der Waals surface area contributed by atoms with Crippen LogP contribution in [0.25, 0.3) is 0 Å². The maximum Gasteiger partial charge on any atom is 0.128 e. The molecule has 1 aliphatic heterocycles. The summed E-state index contributed by atoms with van der Waals surface area (Å²) in [5.74, 6) is 1.09. The smallest absolute Gasteiger partial charge is 0.128 e. The quantitative estimate of drug-likeness (QED) is 0.905. The van der Waals surface area contributed by atoms with Gasteiger partial charge in [-0.3, -0.25) is 4.68 Å². The van der Waals surface area contributed by atoms with E-state index in [2.05, 4.69) is 59.4 Å². The molecule has 5 heteroatoms. The summed E-state index contributed by atoms with van der Waals surface area (Å²) >= 11 is 0. The van der Waals surface area contributed by atoms with Gasteiger partial charge in [0.1, 0.15) is 5.82 Å². The van der Waals surface area contributed by atoms with Crippen LogP contribution < -0.4 is 10.2 Å². The van der Waals surface area contributed by atoms with Crippen molar-refractivity contribution in [1.82, 2.24) is 14.8 Å². The minimum atomic E-state index is 0.213. The lowest BCUT2D eigenvalue weighted by Crippen LogP contribution is -2.30. The molecule has 124 valence electrons. The van der Waals surface area contributed by atoms with Crippen molar-refractivity contribution in [1.29, 1.82) is 0 Å². The van der Waals surface area contributed by atoms with Crippen LogP contribution >= 0.6 is 0 Å². The van der Waals surface area contributed by atoms with Crippen LogP contribution in [0.15, 0.2) is 30.7 Å². The van der Waals surface area contributed by atoms with Crippen LogP contribution in [-0.2, 0) is 0 Å². The van der Waals surface area contributed by atoms with Crippen LogP contribution in [-0.4, -0.2) is 27.9 Å². The Morgan fingerprint density at radius 2 is 1.83 bits per heavy atom. The minimum Gasteiger partial charge on any atom is -0.377 e. The van der Waals surface area contributed by atoms with Crippen LogP contribution in [0.1, 0.15) is 57.7 Å². The molecule has 3 heterocycles. The SMILES string of the molecule is CC(Nc1ccc(N2CCCCC2)nc1)c1cnn(C(C)C)c1. The fraction of sp³-hybridized carbons (Fsp3) is 0.556. The third-order valence-electron chi connectivity index (χ3n) is 4.46. The number of aromatic nitrogens is 3. The zero-order valence-corrected chi connectivity index (χ0v) is 14.4. The Labute approximate surface area is 138 Å². The molecule has 1 fully saturated rings. The van der Waals surface area contributed by atoms with Crippen molar-refractivity contribution in [2.24, 2.45) is 0 Å². The molecule has 0 aliphatic carbocycles. The Hall–Kier alpha value is -2.04. The van der Waals surface area contributed by atoms with Gasteiger partial charge in [0.2, 0.25) is 0 Å². The molecule has 1 atom stereocenters. The Bertz CT molecular complexity index is 611. The summed E-state index contributed by atoms with van der Waals surface area (Å²) in [6.07, 6.45) is 9.88.